The van der Waals surface area contributed by atoms with Crippen LogP contribution in [0.4, 0.5) is 0 Å². The molecule has 0 N–H and O–H groups in total. The maximum atomic E-state index is 2.59. The Labute approximate surface area is 98.2 Å². The molecule has 0 heterocycles. The first-order valence-corrected chi connectivity index (χ1v) is 7.05. The molecule has 0 spiro atoms. The van der Waals surface area contributed by atoms with E-state index < -0.39 is 0 Å². The third-order valence-electron chi connectivity index (χ3n) is 3.12. The van der Waals surface area contributed by atoms with Gasteiger partial charge in [-0.05, 0) is 31.8 Å². The molecule has 0 atom stereocenters. The molecular weight excluding hydrogens is 182 g/mol. The van der Waals surface area contributed by atoms with Gasteiger partial charge >= 0.3 is 0 Å². The Balaban J connectivity index is 0. The van der Waals surface area contributed by atoms with Gasteiger partial charge in [-0.25, -0.2) is 0 Å². The second kappa shape index (κ2) is 12.0. The van der Waals surface area contributed by atoms with E-state index >= 15 is 0 Å². The predicted molar refractivity (Wildman–Crippen MR) is 72.4 cm³/mol. The molecule has 0 aromatic carbocycles. The van der Waals surface area contributed by atoms with Crippen LogP contribution in [0.3, 0.4) is 0 Å². The van der Waals surface area contributed by atoms with Gasteiger partial charge < -0.3 is 4.90 Å². The molecule has 0 aliphatic heterocycles. The largest absolute Gasteiger partial charge is 0.301 e. The van der Waals surface area contributed by atoms with Gasteiger partial charge in [-0.2, -0.15) is 0 Å². The summed E-state index contributed by atoms with van der Waals surface area (Å²) in [6, 6.07) is 0.926. The van der Waals surface area contributed by atoms with Gasteiger partial charge in [-0.15, -0.1) is 0 Å². The first kappa shape index (κ1) is 17.4. The monoisotopic (exact) mass is 215 g/mol. The smallest absolute Gasteiger partial charge is 0.0100 e. The van der Waals surface area contributed by atoms with E-state index in [0.29, 0.717) is 0 Å². The highest BCUT2D eigenvalue weighted by Gasteiger charge is 2.30. The van der Waals surface area contributed by atoms with E-state index in [1.165, 1.54) is 32.4 Å². The minimum absolute atomic E-state index is 0.926. The van der Waals surface area contributed by atoms with Crippen molar-refractivity contribution in [2.75, 3.05) is 13.1 Å². The van der Waals surface area contributed by atoms with Crippen molar-refractivity contribution in [3.63, 3.8) is 0 Å². The molecule has 1 aliphatic rings. The molecule has 0 unspecified atom stereocenters. The van der Waals surface area contributed by atoms with Crippen LogP contribution in [0.2, 0.25) is 0 Å². The summed E-state index contributed by atoms with van der Waals surface area (Å²) >= 11 is 0. The van der Waals surface area contributed by atoms with Crippen LogP contribution in [-0.4, -0.2) is 24.0 Å². The highest BCUT2D eigenvalue weighted by atomic mass is 15.2. The topological polar surface area (TPSA) is 3.24 Å². The van der Waals surface area contributed by atoms with Crippen LogP contribution in [-0.2, 0) is 0 Å². The first-order chi connectivity index (χ1) is 7.31. The Hall–Kier alpha value is -0.0400. The Morgan fingerprint density at radius 3 is 1.53 bits per heavy atom. The van der Waals surface area contributed by atoms with Crippen molar-refractivity contribution < 1.29 is 0 Å². The quantitative estimate of drug-likeness (QED) is 0.664. The van der Waals surface area contributed by atoms with E-state index in [0.717, 1.165) is 12.0 Å². The molecule has 1 aliphatic carbocycles. The minimum Gasteiger partial charge on any atom is -0.301 e. The molecule has 0 bridgehead atoms. The lowest BCUT2D eigenvalue weighted by atomic mass is 9.78. The first-order valence-electron chi connectivity index (χ1n) is 7.05. The molecule has 1 nitrogen and oxygen atoms in total. The summed E-state index contributed by atoms with van der Waals surface area (Å²) < 4.78 is 0. The molecular formula is C14H33N. The standard InChI is InChI=1S/C10H21N.2C2H6/c1-4-9-7-10(8-9)11(5-2)6-3;2*1-2/h9-10H,4-8H2,1-3H3;2*1-2H3. The summed E-state index contributed by atoms with van der Waals surface area (Å²) in [6.45, 7) is 17.3. The molecule has 0 aromatic heterocycles. The molecule has 1 heteroatoms. The van der Waals surface area contributed by atoms with Crippen LogP contribution >= 0.6 is 0 Å². The summed E-state index contributed by atoms with van der Waals surface area (Å²) in [5.41, 5.74) is 0. The Morgan fingerprint density at radius 1 is 0.867 bits per heavy atom. The van der Waals surface area contributed by atoms with Gasteiger partial charge in [0.25, 0.3) is 0 Å². The van der Waals surface area contributed by atoms with Gasteiger partial charge in [0.1, 0.15) is 0 Å². The summed E-state index contributed by atoms with van der Waals surface area (Å²) in [4.78, 5) is 2.59. The van der Waals surface area contributed by atoms with Crippen molar-refractivity contribution in [1.82, 2.24) is 4.90 Å². The Bertz CT molecular complexity index is 102. The second-order valence-electron chi connectivity index (χ2n) is 3.62. The Morgan fingerprint density at radius 2 is 1.27 bits per heavy atom. The third-order valence-corrected chi connectivity index (χ3v) is 3.12. The second-order valence-corrected chi connectivity index (χ2v) is 3.62. The van der Waals surface area contributed by atoms with Crippen LogP contribution in [0, 0.1) is 5.92 Å². The van der Waals surface area contributed by atoms with E-state index in [2.05, 4.69) is 25.7 Å². The van der Waals surface area contributed by atoms with Crippen molar-refractivity contribution in [2.24, 2.45) is 5.92 Å². The van der Waals surface area contributed by atoms with Crippen molar-refractivity contribution in [3.05, 3.63) is 0 Å². The van der Waals surface area contributed by atoms with Crippen molar-refractivity contribution in [2.45, 2.75) is 73.8 Å². The van der Waals surface area contributed by atoms with Crippen LogP contribution < -0.4 is 0 Å². The molecule has 94 valence electrons. The van der Waals surface area contributed by atoms with Gasteiger partial charge in [0.15, 0.2) is 0 Å². The van der Waals surface area contributed by atoms with Gasteiger partial charge in [-0.1, -0.05) is 54.9 Å². The van der Waals surface area contributed by atoms with Crippen LogP contribution in [0.1, 0.15) is 67.7 Å². The fourth-order valence-electron chi connectivity index (χ4n) is 2.07. The molecule has 0 radical (unpaired) electrons. The lowest BCUT2D eigenvalue weighted by Gasteiger charge is -2.42. The molecule has 1 saturated carbocycles. The van der Waals surface area contributed by atoms with Crippen molar-refractivity contribution >= 4 is 0 Å². The summed E-state index contributed by atoms with van der Waals surface area (Å²) in [5, 5.41) is 0. The van der Waals surface area contributed by atoms with Gasteiger partial charge in [0.05, 0.1) is 0 Å². The average molecular weight is 215 g/mol. The number of hydrogen-bond acceptors (Lipinski definition) is 1. The highest BCUT2D eigenvalue weighted by molar-refractivity contribution is 4.85. The van der Waals surface area contributed by atoms with Crippen LogP contribution in [0.15, 0.2) is 0 Å². The van der Waals surface area contributed by atoms with Gasteiger partial charge in [0.2, 0.25) is 0 Å². The maximum absolute atomic E-state index is 2.59. The normalized spacial score (nSPS) is 23.2. The van der Waals surface area contributed by atoms with E-state index in [9.17, 15) is 0 Å². The van der Waals surface area contributed by atoms with E-state index in [-0.39, 0.29) is 0 Å². The van der Waals surface area contributed by atoms with E-state index in [1.54, 1.807) is 0 Å². The fraction of sp³-hybridized carbons (Fsp3) is 1.00. The molecule has 1 rings (SSSR count). The molecule has 1 fully saturated rings. The lowest BCUT2D eigenvalue weighted by molar-refractivity contribution is 0.0855. The summed E-state index contributed by atoms with van der Waals surface area (Å²) in [7, 11) is 0. The number of rotatable bonds is 4. The summed E-state index contributed by atoms with van der Waals surface area (Å²) in [6.07, 6.45) is 4.30. The van der Waals surface area contributed by atoms with Crippen LogP contribution in [0.25, 0.3) is 0 Å². The Kier molecular flexibility index (Phi) is 13.9. The molecule has 0 aromatic rings. The van der Waals surface area contributed by atoms with Gasteiger partial charge in [0, 0.05) is 6.04 Å². The SMILES string of the molecule is CC.CC.CCC1CC(N(CC)CC)C1. The molecule has 0 saturated heterocycles. The van der Waals surface area contributed by atoms with Crippen LogP contribution in [0.5, 0.6) is 0 Å². The predicted octanol–water partition coefficient (Wildman–Crippen LogP) is 4.57. The zero-order valence-corrected chi connectivity index (χ0v) is 12.1. The third kappa shape index (κ3) is 6.19. The zero-order chi connectivity index (χ0) is 12.3. The zero-order valence-electron chi connectivity index (χ0n) is 12.1. The van der Waals surface area contributed by atoms with Crippen molar-refractivity contribution in [3.8, 4) is 0 Å². The van der Waals surface area contributed by atoms with E-state index in [1.807, 2.05) is 27.7 Å². The molecule has 15 heavy (non-hydrogen) atoms. The average Bonchev–Trinajstić information content (AvgIpc) is 2.28. The highest BCUT2D eigenvalue weighted by Crippen LogP contribution is 2.33. The fourth-order valence-corrected chi connectivity index (χ4v) is 2.07. The maximum Gasteiger partial charge on any atom is 0.0100 e. The number of nitrogens with zero attached hydrogens (tertiary/aromatic N) is 1. The summed E-state index contributed by atoms with van der Waals surface area (Å²) in [5.74, 6) is 1.04. The van der Waals surface area contributed by atoms with Gasteiger partial charge in [-0.3, -0.25) is 0 Å². The lowest BCUT2D eigenvalue weighted by Crippen LogP contribution is -2.44. The minimum atomic E-state index is 0.926. The van der Waals surface area contributed by atoms with Crippen molar-refractivity contribution in [1.29, 1.82) is 0 Å². The van der Waals surface area contributed by atoms with E-state index in [4.69, 9.17) is 0 Å². The number of hydrogen-bond donors (Lipinski definition) is 0. The molecule has 0 amide bonds.